The van der Waals surface area contributed by atoms with Crippen molar-refractivity contribution in [3.05, 3.63) is 22.5 Å². The van der Waals surface area contributed by atoms with E-state index in [1.54, 1.807) is 6.07 Å². The average Bonchev–Trinajstić information content (AvgIpc) is 2.13. The monoisotopic (exact) mass is 136 g/mol. The molecule has 0 unspecified atom stereocenters. The zero-order valence-electron chi connectivity index (χ0n) is 5.81. The quantitative estimate of drug-likeness (QED) is 0.520. The third kappa shape index (κ3) is 1.00. The van der Waals surface area contributed by atoms with Gasteiger partial charge in [0, 0.05) is 12.1 Å². The lowest BCUT2D eigenvalue weighted by Gasteiger charge is -1.80. The van der Waals surface area contributed by atoms with E-state index in [1.807, 2.05) is 0 Å². The highest BCUT2D eigenvalue weighted by Gasteiger charge is 2.01. The van der Waals surface area contributed by atoms with E-state index >= 15 is 0 Å². The van der Waals surface area contributed by atoms with E-state index in [4.69, 9.17) is 4.42 Å². The molecule has 2 heteroatoms. The summed E-state index contributed by atoms with van der Waals surface area (Å²) < 4.78 is 4.95. The largest absolute Gasteiger partial charge is 0.454 e. The minimum absolute atomic E-state index is 0.0974. The summed E-state index contributed by atoms with van der Waals surface area (Å²) in [6.07, 6.45) is 0. The molecule has 1 rings (SSSR count). The number of furan rings is 1. The molecule has 0 saturated carbocycles. The summed E-state index contributed by atoms with van der Waals surface area (Å²) in [5.41, 5.74) is 0.463. The molecule has 0 radical (unpaired) electrons. The molecular formula is C8H8O2. The zero-order valence-corrected chi connectivity index (χ0v) is 5.81. The first kappa shape index (κ1) is 6.81. The fraction of sp³-hybridized carbons (Fsp3) is 0.125. The summed E-state index contributed by atoms with van der Waals surface area (Å²) in [7, 11) is 0. The molecule has 0 spiro atoms. The van der Waals surface area contributed by atoms with Gasteiger partial charge in [0.05, 0.1) is 0 Å². The van der Waals surface area contributed by atoms with Crippen LogP contribution in [0.15, 0.2) is 10.5 Å². The van der Waals surface area contributed by atoms with Gasteiger partial charge in [0.1, 0.15) is 5.42 Å². The molecule has 0 amide bonds. The second kappa shape index (κ2) is 2.14. The first-order valence-electron chi connectivity index (χ1n) is 2.90. The molecule has 0 fully saturated rings. The maximum Gasteiger partial charge on any atom is 0.194 e. The highest BCUT2D eigenvalue weighted by molar-refractivity contribution is 5.91. The SMILES string of the molecule is C=c1cc(C(C)=O)oc1=C. The third-order valence-corrected chi connectivity index (χ3v) is 1.24. The van der Waals surface area contributed by atoms with E-state index in [0.717, 1.165) is 0 Å². The molecule has 0 aliphatic rings. The molecule has 1 aromatic rings. The van der Waals surface area contributed by atoms with Gasteiger partial charge in [-0.15, -0.1) is 0 Å². The molecule has 0 N–H and O–H groups in total. The van der Waals surface area contributed by atoms with Crippen LogP contribution in [0.25, 0.3) is 13.2 Å². The summed E-state index contributed by atoms with van der Waals surface area (Å²) in [5, 5.41) is 0.671. The van der Waals surface area contributed by atoms with Gasteiger partial charge in [-0.3, -0.25) is 4.79 Å². The van der Waals surface area contributed by atoms with Crippen LogP contribution < -0.4 is 10.6 Å². The average molecular weight is 136 g/mol. The van der Waals surface area contributed by atoms with Gasteiger partial charge < -0.3 is 4.42 Å². The summed E-state index contributed by atoms with van der Waals surface area (Å²) in [6.45, 7) is 8.60. The predicted molar refractivity (Wildman–Crippen MR) is 39.0 cm³/mol. The number of Topliss-reactive ketones (excluding diaryl/α,β-unsaturated/α-hetero) is 1. The van der Waals surface area contributed by atoms with Crippen molar-refractivity contribution in [2.45, 2.75) is 6.92 Å². The van der Waals surface area contributed by atoms with Gasteiger partial charge >= 0.3 is 0 Å². The number of carbonyl (C=O) groups excluding carboxylic acids is 1. The molecule has 0 atom stereocenters. The van der Waals surface area contributed by atoms with Crippen LogP contribution in [0.2, 0.25) is 0 Å². The van der Waals surface area contributed by atoms with Crippen molar-refractivity contribution in [3.8, 4) is 0 Å². The molecular weight excluding hydrogens is 128 g/mol. The topological polar surface area (TPSA) is 30.2 Å². The van der Waals surface area contributed by atoms with Gasteiger partial charge in [0.25, 0.3) is 0 Å². The van der Waals surface area contributed by atoms with E-state index in [2.05, 4.69) is 13.2 Å². The fourth-order valence-corrected chi connectivity index (χ4v) is 0.640. The maximum atomic E-state index is 10.7. The second-order valence-electron chi connectivity index (χ2n) is 2.12. The van der Waals surface area contributed by atoms with Crippen molar-refractivity contribution in [3.63, 3.8) is 0 Å². The van der Waals surface area contributed by atoms with E-state index in [-0.39, 0.29) is 5.78 Å². The molecule has 0 aromatic carbocycles. The Kier molecular flexibility index (Phi) is 1.45. The van der Waals surface area contributed by atoms with Gasteiger partial charge in [0.2, 0.25) is 0 Å². The molecule has 1 heterocycles. The van der Waals surface area contributed by atoms with E-state index in [9.17, 15) is 4.79 Å². The first-order valence-corrected chi connectivity index (χ1v) is 2.90. The molecule has 2 nitrogen and oxygen atoms in total. The summed E-state index contributed by atoms with van der Waals surface area (Å²) >= 11 is 0. The van der Waals surface area contributed by atoms with Crippen molar-refractivity contribution in [1.29, 1.82) is 0 Å². The van der Waals surface area contributed by atoms with Crippen LogP contribution in [0.3, 0.4) is 0 Å². The lowest BCUT2D eigenvalue weighted by Crippen LogP contribution is -2.13. The Morgan fingerprint density at radius 1 is 1.60 bits per heavy atom. The molecule has 52 valence electrons. The Morgan fingerprint density at radius 2 is 2.20 bits per heavy atom. The normalized spacial score (nSPS) is 9.70. The Hall–Kier alpha value is -1.31. The first-order chi connectivity index (χ1) is 4.61. The van der Waals surface area contributed by atoms with E-state index < -0.39 is 0 Å². The molecule has 10 heavy (non-hydrogen) atoms. The van der Waals surface area contributed by atoms with Gasteiger partial charge in [0.15, 0.2) is 11.5 Å². The van der Waals surface area contributed by atoms with Crippen molar-refractivity contribution in [2.24, 2.45) is 0 Å². The highest BCUT2D eigenvalue weighted by Crippen LogP contribution is 1.90. The maximum absolute atomic E-state index is 10.7. The van der Waals surface area contributed by atoms with Crippen LogP contribution in [0.5, 0.6) is 0 Å². The number of carbonyl (C=O) groups is 1. The fourth-order valence-electron chi connectivity index (χ4n) is 0.640. The van der Waals surface area contributed by atoms with Crippen molar-refractivity contribution in [2.75, 3.05) is 0 Å². The molecule has 0 bridgehead atoms. The van der Waals surface area contributed by atoms with Crippen molar-refractivity contribution < 1.29 is 9.21 Å². The summed E-state index contributed by atoms with van der Waals surface area (Å²) in [6, 6.07) is 1.59. The van der Waals surface area contributed by atoms with Gasteiger partial charge in [-0.05, 0) is 6.07 Å². The molecule has 0 aliphatic heterocycles. The Balaban J connectivity index is 3.37. The predicted octanol–water partition coefficient (Wildman–Crippen LogP) is 0.303. The van der Waals surface area contributed by atoms with Crippen LogP contribution in [-0.2, 0) is 0 Å². The summed E-state index contributed by atoms with van der Waals surface area (Å²) in [5.74, 6) is 0.231. The van der Waals surface area contributed by atoms with E-state index in [1.165, 1.54) is 6.92 Å². The lowest BCUT2D eigenvalue weighted by molar-refractivity contribution is 0.0986. The minimum atomic E-state index is -0.0974. The van der Waals surface area contributed by atoms with Crippen LogP contribution in [0.4, 0.5) is 0 Å². The Morgan fingerprint density at radius 3 is 2.40 bits per heavy atom. The summed E-state index contributed by atoms with van der Waals surface area (Å²) in [4.78, 5) is 10.7. The zero-order chi connectivity index (χ0) is 7.72. The molecule has 1 aromatic heterocycles. The lowest BCUT2D eigenvalue weighted by atomic mass is 10.3. The minimum Gasteiger partial charge on any atom is -0.454 e. The van der Waals surface area contributed by atoms with Crippen molar-refractivity contribution in [1.82, 2.24) is 0 Å². The smallest absolute Gasteiger partial charge is 0.194 e. The van der Waals surface area contributed by atoms with Gasteiger partial charge in [-0.1, -0.05) is 13.2 Å². The molecule has 0 aliphatic carbocycles. The van der Waals surface area contributed by atoms with Crippen LogP contribution in [0.1, 0.15) is 17.5 Å². The number of rotatable bonds is 1. The third-order valence-electron chi connectivity index (χ3n) is 1.24. The number of hydrogen-bond acceptors (Lipinski definition) is 2. The number of ketones is 1. The van der Waals surface area contributed by atoms with Gasteiger partial charge in [-0.2, -0.15) is 0 Å². The van der Waals surface area contributed by atoms with Crippen LogP contribution in [0, 0.1) is 0 Å². The van der Waals surface area contributed by atoms with E-state index in [0.29, 0.717) is 16.4 Å². The molecule has 0 saturated heterocycles. The standard InChI is InChI=1S/C8H8O2/c1-5-4-8(6(2)9)10-7(5)3/h4H,1,3H2,2H3. The number of hydrogen-bond donors (Lipinski definition) is 0. The van der Waals surface area contributed by atoms with Crippen LogP contribution >= 0.6 is 0 Å². The Labute approximate surface area is 58.5 Å². The highest BCUT2D eigenvalue weighted by atomic mass is 16.3. The van der Waals surface area contributed by atoms with Crippen molar-refractivity contribution >= 4 is 18.9 Å². The van der Waals surface area contributed by atoms with Crippen LogP contribution in [-0.4, -0.2) is 5.78 Å². The van der Waals surface area contributed by atoms with Gasteiger partial charge in [-0.25, -0.2) is 0 Å². The Bertz CT molecular complexity index is 318. The second-order valence-corrected chi connectivity index (χ2v) is 2.12.